The van der Waals surface area contributed by atoms with E-state index in [-0.39, 0.29) is 0 Å². The molecular formula is C12H25NO2. The summed E-state index contributed by atoms with van der Waals surface area (Å²) >= 11 is 0. The van der Waals surface area contributed by atoms with Crippen LogP contribution in [0.4, 0.5) is 0 Å². The second-order valence-electron chi connectivity index (χ2n) is 4.22. The molecule has 0 unspecified atom stereocenters. The lowest BCUT2D eigenvalue weighted by Crippen LogP contribution is -2.25. The van der Waals surface area contributed by atoms with Gasteiger partial charge in [-0.2, -0.15) is 0 Å². The molecule has 0 spiro atoms. The molecule has 0 saturated carbocycles. The third-order valence-electron chi connectivity index (χ3n) is 2.31. The fourth-order valence-corrected chi connectivity index (χ4v) is 1.28. The lowest BCUT2D eigenvalue weighted by Gasteiger charge is -2.17. The van der Waals surface area contributed by atoms with Gasteiger partial charge in [0.2, 0.25) is 0 Å². The zero-order valence-electron chi connectivity index (χ0n) is 10.6. The van der Waals surface area contributed by atoms with Crippen LogP contribution in [0.5, 0.6) is 0 Å². The van der Waals surface area contributed by atoms with Crippen LogP contribution in [-0.4, -0.2) is 43.5 Å². The summed E-state index contributed by atoms with van der Waals surface area (Å²) in [5, 5.41) is 0. The van der Waals surface area contributed by atoms with Gasteiger partial charge in [0, 0.05) is 19.4 Å². The van der Waals surface area contributed by atoms with Crippen LogP contribution in [0.1, 0.15) is 40.0 Å². The Morgan fingerprint density at radius 2 is 2.00 bits per heavy atom. The van der Waals surface area contributed by atoms with Crippen LogP contribution in [0.15, 0.2) is 0 Å². The molecule has 3 nitrogen and oxygen atoms in total. The number of carbonyl (C=O) groups is 1. The van der Waals surface area contributed by atoms with Crippen molar-refractivity contribution in [3.63, 3.8) is 0 Å². The molecular weight excluding hydrogens is 190 g/mol. The van der Waals surface area contributed by atoms with Gasteiger partial charge >= 0.3 is 0 Å². The summed E-state index contributed by atoms with van der Waals surface area (Å²) in [6.07, 6.45) is 2.65. The Bertz CT molecular complexity index is 169. The number of Topliss-reactive ketones (excluding diaryl/α,β-unsaturated/α-hetero) is 1. The molecule has 3 heteroatoms. The Hall–Kier alpha value is -0.410. The SMILES string of the molecule is CCC(=O)CCCN(C)CCOC(C)C. The van der Waals surface area contributed by atoms with Gasteiger partial charge in [-0.15, -0.1) is 0 Å². The lowest BCUT2D eigenvalue weighted by molar-refractivity contribution is -0.118. The second kappa shape index (κ2) is 8.86. The molecule has 0 aliphatic carbocycles. The van der Waals surface area contributed by atoms with Crippen molar-refractivity contribution in [3.8, 4) is 0 Å². The molecule has 15 heavy (non-hydrogen) atoms. The molecule has 0 aliphatic heterocycles. The highest BCUT2D eigenvalue weighted by atomic mass is 16.5. The van der Waals surface area contributed by atoms with Gasteiger partial charge in [-0.25, -0.2) is 0 Å². The molecule has 0 heterocycles. The van der Waals surface area contributed by atoms with Crippen molar-refractivity contribution >= 4 is 5.78 Å². The summed E-state index contributed by atoms with van der Waals surface area (Å²) in [6.45, 7) is 8.70. The Morgan fingerprint density at radius 1 is 1.33 bits per heavy atom. The van der Waals surface area contributed by atoms with E-state index in [2.05, 4.69) is 11.9 Å². The van der Waals surface area contributed by atoms with E-state index < -0.39 is 0 Å². The van der Waals surface area contributed by atoms with Gasteiger partial charge in [-0.1, -0.05) is 6.92 Å². The average molecular weight is 215 g/mol. The number of hydrogen-bond acceptors (Lipinski definition) is 3. The van der Waals surface area contributed by atoms with E-state index in [9.17, 15) is 4.79 Å². The van der Waals surface area contributed by atoms with Gasteiger partial charge in [-0.05, 0) is 33.9 Å². The van der Waals surface area contributed by atoms with Crippen LogP contribution >= 0.6 is 0 Å². The third-order valence-corrected chi connectivity index (χ3v) is 2.31. The fraction of sp³-hybridized carbons (Fsp3) is 0.917. The second-order valence-corrected chi connectivity index (χ2v) is 4.22. The van der Waals surface area contributed by atoms with Crippen LogP contribution in [0.3, 0.4) is 0 Å². The largest absolute Gasteiger partial charge is 0.377 e. The Labute approximate surface area is 93.8 Å². The van der Waals surface area contributed by atoms with Crippen molar-refractivity contribution in [1.82, 2.24) is 4.90 Å². The maximum absolute atomic E-state index is 11.1. The number of ether oxygens (including phenoxy) is 1. The number of rotatable bonds is 9. The zero-order valence-corrected chi connectivity index (χ0v) is 10.6. The molecule has 0 atom stereocenters. The number of likely N-dealkylation sites (N-methyl/N-ethyl adjacent to an activating group) is 1. The first-order valence-electron chi connectivity index (χ1n) is 5.88. The van der Waals surface area contributed by atoms with E-state index in [0.717, 1.165) is 26.1 Å². The average Bonchev–Trinajstić information content (AvgIpc) is 2.17. The Balaban J connectivity index is 3.33. The standard InChI is InChI=1S/C12H25NO2/c1-5-12(14)7-6-8-13(4)9-10-15-11(2)3/h11H,5-10H2,1-4H3. The van der Waals surface area contributed by atoms with Gasteiger partial charge in [0.05, 0.1) is 12.7 Å². The summed E-state index contributed by atoms with van der Waals surface area (Å²) in [4.78, 5) is 13.3. The van der Waals surface area contributed by atoms with E-state index >= 15 is 0 Å². The first-order valence-corrected chi connectivity index (χ1v) is 5.88. The summed E-state index contributed by atoms with van der Waals surface area (Å²) in [5.74, 6) is 0.363. The highest BCUT2D eigenvalue weighted by molar-refractivity contribution is 5.77. The summed E-state index contributed by atoms with van der Waals surface area (Å²) < 4.78 is 5.45. The van der Waals surface area contributed by atoms with E-state index in [1.165, 1.54) is 0 Å². The van der Waals surface area contributed by atoms with Crippen molar-refractivity contribution in [2.45, 2.75) is 46.1 Å². The van der Waals surface area contributed by atoms with Gasteiger partial charge in [0.1, 0.15) is 5.78 Å². The van der Waals surface area contributed by atoms with Crippen LogP contribution in [0.25, 0.3) is 0 Å². The summed E-state index contributed by atoms with van der Waals surface area (Å²) in [6, 6.07) is 0. The quantitative estimate of drug-likeness (QED) is 0.590. The monoisotopic (exact) mass is 215 g/mol. The molecule has 0 fully saturated rings. The zero-order chi connectivity index (χ0) is 11.7. The lowest BCUT2D eigenvalue weighted by atomic mass is 10.2. The maximum atomic E-state index is 11.1. The molecule has 90 valence electrons. The first kappa shape index (κ1) is 14.6. The topological polar surface area (TPSA) is 29.5 Å². The van der Waals surface area contributed by atoms with Crippen molar-refractivity contribution in [2.75, 3.05) is 26.7 Å². The highest BCUT2D eigenvalue weighted by Gasteiger charge is 2.02. The van der Waals surface area contributed by atoms with Crippen molar-refractivity contribution in [3.05, 3.63) is 0 Å². The van der Waals surface area contributed by atoms with Gasteiger partial charge in [0.25, 0.3) is 0 Å². The van der Waals surface area contributed by atoms with Gasteiger partial charge in [0.15, 0.2) is 0 Å². The van der Waals surface area contributed by atoms with Gasteiger partial charge < -0.3 is 9.64 Å². The minimum absolute atomic E-state index is 0.306. The third kappa shape index (κ3) is 9.88. The maximum Gasteiger partial charge on any atom is 0.132 e. The number of carbonyl (C=O) groups excluding carboxylic acids is 1. The van der Waals surface area contributed by atoms with Crippen LogP contribution in [0, 0.1) is 0 Å². The van der Waals surface area contributed by atoms with Crippen molar-refractivity contribution < 1.29 is 9.53 Å². The van der Waals surface area contributed by atoms with Crippen molar-refractivity contribution in [1.29, 1.82) is 0 Å². The normalized spacial score (nSPS) is 11.3. The predicted octanol–water partition coefficient (Wildman–Crippen LogP) is 2.10. The molecule has 0 bridgehead atoms. The smallest absolute Gasteiger partial charge is 0.132 e. The van der Waals surface area contributed by atoms with E-state index in [4.69, 9.17) is 4.74 Å². The van der Waals surface area contributed by atoms with E-state index in [1.807, 2.05) is 20.8 Å². The molecule has 0 aromatic rings. The number of nitrogens with zero attached hydrogens (tertiary/aromatic N) is 1. The molecule has 0 N–H and O–H groups in total. The van der Waals surface area contributed by atoms with Crippen LogP contribution in [0.2, 0.25) is 0 Å². The summed E-state index contributed by atoms with van der Waals surface area (Å²) in [7, 11) is 2.07. The predicted molar refractivity (Wildman–Crippen MR) is 63.1 cm³/mol. The minimum atomic E-state index is 0.306. The molecule has 0 aromatic heterocycles. The van der Waals surface area contributed by atoms with Crippen LogP contribution < -0.4 is 0 Å². The van der Waals surface area contributed by atoms with E-state index in [0.29, 0.717) is 24.7 Å². The fourth-order valence-electron chi connectivity index (χ4n) is 1.28. The Morgan fingerprint density at radius 3 is 2.53 bits per heavy atom. The Kier molecular flexibility index (Phi) is 8.62. The minimum Gasteiger partial charge on any atom is -0.377 e. The summed E-state index contributed by atoms with van der Waals surface area (Å²) in [5.41, 5.74) is 0. The molecule has 0 amide bonds. The molecule has 0 rings (SSSR count). The molecule has 0 aliphatic rings. The highest BCUT2D eigenvalue weighted by Crippen LogP contribution is 1.97. The van der Waals surface area contributed by atoms with Crippen molar-refractivity contribution in [2.24, 2.45) is 0 Å². The molecule has 0 saturated heterocycles. The number of hydrogen-bond donors (Lipinski definition) is 0. The van der Waals surface area contributed by atoms with Crippen LogP contribution in [-0.2, 0) is 9.53 Å². The molecule has 0 aromatic carbocycles. The first-order chi connectivity index (χ1) is 7.06. The van der Waals surface area contributed by atoms with Gasteiger partial charge in [-0.3, -0.25) is 4.79 Å². The van der Waals surface area contributed by atoms with E-state index in [1.54, 1.807) is 0 Å². The molecule has 0 radical (unpaired) electrons. The number of ketones is 1.